The molecule has 0 aliphatic heterocycles. The second kappa shape index (κ2) is 6.05. The van der Waals surface area contributed by atoms with Crippen molar-refractivity contribution in [2.75, 3.05) is 5.73 Å². The number of aromatic nitrogens is 3. The predicted octanol–water partition coefficient (Wildman–Crippen LogP) is 3.35. The van der Waals surface area contributed by atoms with Crippen molar-refractivity contribution in [2.24, 2.45) is 0 Å². The lowest BCUT2D eigenvalue weighted by Crippen LogP contribution is -2.00. The number of hydrogen-bond donors (Lipinski definition) is 2. The summed E-state index contributed by atoms with van der Waals surface area (Å²) in [4.78, 5) is 4.30. The molecule has 0 spiro atoms. The number of rotatable bonds is 3. The molecule has 0 atom stereocenters. The van der Waals surface area contributed by atoms with E-state index in [1.54, 1.807) is 30.5 Å². The van der Waals surface area contributed by atoms with Crippen molar-refractivity contribution < 1.29 is 5.11 Å². The van der Waals surface area contributed by atoms with E-state index in [0.29, 0.717) is 16.8 Å². The first kappa shape index (κ1) is 15.6. The Labute approximate surface area is 139 Å². The summed E-state index contributed by atoms with van der Waals surface area (Å²) < 4.78 is 1.82. The van der Waals surface area contributed by atoms with Gasteiger partial charge in [0.15, 0.2) is 0 Å². The van der Waals surface area contributed by atoms with Crippen molar-refractivity contribution in [3.05, 3.63) is 48.3 Å². The van der Waals surface area contributed by atoms with E-state index in [1.165, 1.54) is 0 Å². The number of nitrogen functional groups attached to an aromatic ring is 1. The molecule has 0 unspecified atom stereocenters. The van der Waals surface area contributed by atoms with Crippen LogP contribution in [0.2, 0.25) is 0 Å². The van der Waals surface area contributed by atoms with Crippen molar-refractivity contribution in [2.45, 2.75) is 19.9 Å². The Bertz CT molecular complexity index is 937. The molecule has 2 heterocycles. The van der Waals surface area contributed by atoms with Crippen LogP contribution in [0.3, 0.4) is 0 Å². The topological polar surface area (TPSA) is 101 Å². The number of hydrogen-bond acceptors (Lipinski definition) is 5. The highest BCUT2D eigenvalue weighted by atomic mass is 16.3. The number of aromatic hydroxyl groups is 1. The number of benzene rings is 1. The second-order valence-electron chi connectivity index (χ2n) is 5.78. The molecule has 120 valence electrons. The summed E-state index contributed by atoms with van der Waals surface area (Å²) in [6.45, 7) is 4.06. The molecule has 0 radical (unpaired) electrons. The number of nitrogens with two attached hydrogens (primary N) is 1. The third-order valence-electron chi connectivity index (χ3n) is 3.74. The number of pyridine rings is 1. The molecule has 6 heteroatoms. The largest absolute Gasteiger partial charge is 0.508 e. The van der Waals surface area contributed by atoms with Crippen LogP contribution in [0.5, 0.6) is 5.75 Å². The van der Waals surface area contributed by atoms with Crippen molar-refractivity contribution >= 4 is 5.82 Å². The first-order valence-electron chi connectivity index (χ1n) is 7.54. The molecule has 0 aliphatic rings. The highest BCUT2D eigenvalue weighted by Gasteiger charge is 2.15. The first-order valence-corrected chi connectivity index (χ1v) is 7.54. The molecular weight excluding hydrogens is 302 g/mol. The lowest BCUT2D eigenvalue weighted by atomic mass is 10.0. The number of phenolic OH excluding ortho intramolecular Hbond substituents is 1. The highest BCUT2D eigenvalue weighted by molar-refractivity contribution is 5.79. The van der Waals surface area contributed by atoms with Gasteiger partial charge in [-0.25, -0.2) is 4.98 Å². The van der Waals surface area contributed by atoms with Crippen LogP contribution in [0, 0.1) is 11.3 Å². The highest BCUT2D eigenvalue weighted by Crippen LogP contribution is 2.32. The zero-order chi connectivity index (χ0) is 17.3. The summed E-state index contributed by atoms with van der Waals surface area (Å²) in [7, 11) is 0. The molecule has 0 bridgehead atoms. The zero-order valence-electron chi connectivity index (χ0n) is 13.4. The first-order chi connectivity index (χ1) is 11.5. The molecule has 24 heavy (non-hydrogen) atoms. The molecule has 0 saturated heterocycles. The van der Waals surface area contributed by atoms with Crippen LogP contribution in [0.15, 0.2) is 42.7 Å². The Balaban J connectivity index is 2.19. The van der Waals surface area contributed by atoms with E-state index < -0.39 is 0 Å². The summed E-state index contributed by atoms with van der Waals surface area (Å²) in [5.74, 6) is 0.303. The maximum Gasteiger partial charge on any atom is 0.142 e. The minimum atomic E-state index is 0.145. The predicted molar refractivity (Wildman–Crippen MR) is 92.1 cm³/mol. The van der Waals surface area contributed by atoms with Crippen LogP contribution in [-0.4, -0.2) is 19.9 Å². The molecule has 0 saturated carbocycles. The van der Waals surface area contributed by atoms with E-state index in [2.05, 4.69) is 16.2 Å². The molecular formula is C18H17N5O. The monoisotopic (exact) mass is 319 g/mol. The summed E-state index contributed by atoms with van der Waals surface area (Å²) in [6.07, 6.45) is 3.59. The number of anilines is 1. The van der Waals surface area contributed by atoms with E-state index in [0.717, 1.165) is 11.1 Å². The van der Waals surface area contributed by atoms with E-state index in [1.807, 2.05) is 30.8 Å². The zero-order valence-corrected chi connectivity index (χ0v) is 13.4. The van der Waals surface area contributed by atoms with Crippen LogP contribution >= 0.6 is 0 Å². The molecule has 1 aromatic carbocycles. The fourth-order valence-corrected chi connectivity index (χ4v) is 2.48. The van der Waals surface area contributed by atoms with Gasteiger partial charge in [0.25, 0.3) is 0 Å². The van der Waals surface area contributed by atoms with Gasteiger partial charge in [0.1, 0.15) is 23.2 Å². The Kier molecular flexibility index (Phi) is 3.92. The SMILES string of the molecule is CC(C)n1cc(-c2cc(-c3cccc(O)c3)nc(N)c2C#N)cn1. The molecule has 2 aromatic heterocycles. The van der Waals surface area contributed by atoms with Crippen LogP contribution < -0.4 is 5.73 Å². The van der Waals surface area contributed by atoms with Gasteiger partial charge in [-0.1, -0.05) is 12.1 Å². The third-order valence-corrected chi connectivity index (χ3v) is 3.74. The number of nitrogens with zero attached hydrogens (tertiary/aromatic N) is 4. The Hall–Kier alpha value is -3.33. The van der Waals surface area contributed by atoms with E-state index in [9.17, 15) is 10.4 Å². The van der Waals surface area contributed by atoms with Crippen LogP contribution in [-0.2, 0) is 0 Å². The van der Waals surface area contributed by atoms with Gasteiger partial charge in [-0.3, -0.25) is 4.68 Å². The molecule has 0 aliphatic carbocycles. The van der Waals surface area contributed by atoms with Crippen LogP contribution in [0.25, 0.3) is 22.4 Å². The van der Waals surface area contributed by atoms with Gasteiger partial charge in [0.05, 0.1) is 11.9 Å². The van der Waals surface area contributed by atoms with Gasteiger partial charge in [-0.05, 0) is 32.0 Å². The minimum Gasteiger partial charge on any atom is -0.508 e. The average Bonchev–Trinajstić information content (AvgIpc) is 3.04. The Morgan fingerprint density at radius 3 is 2.67 bits per heavy atom. The van der Waals surface area contributed by atoms with Gasteiger partial charge in [-0.2, -0.15) is 10.4 Å². The maximum atomic E-state index is 9.67. The van der Waals surface area contributed by atoms with E-state index in [4.69, 9.17) is 5.73 Å². The molecule has 3 N–H and O–H groups in total. The van der Waals surface area contributed by atoms with Crippen molar-refractivity contribution in [3.63, 3.8) is 0 Å². The Morgan fingerprint density at radius 2 is 2.04 bits per heavy atom. The molecule has 3 aromatic rings. The summed E-state index contributed by atoms with van der Waals surface area (Å²) in [5, 5.41) is 23.4. The molecule has 0 amide bonds. The standard InChI is InChI=1S/C18H17N5O/c1-11(2)23-10-13(9-21-23)15-7-17(22-18(20)16(15)8-19)12-4-3-5-14(24)6-12/h3-7,9-11,24H,1-2H3,(H2,20,22). The second-order valence-corrected chi connectivity index (χ2v) is 5.78. The summed E-state index contributed by atoms with van der Waals surface area (Å²) in [5.41, 5.74) is 9.11. The fraction of sp³-hybridized carbons (Fsp3) is 0.167. The maximum absolute atomic E-state index is 9.67. The molecule has 0 fully saturated rings. The van der Waals surface area contributed by atoms with Gasteiger partial charge >= 0.3 is 0 Å². The molecule has 6 nitrogen and oxygen atoms in total. The normalized spacial score (nSPS) is 10.8. The van der Waals surface area contributed by atoms with Gasteiger partial charge in [0, 0.05) is 28.9 Å². The average molecular weight is 319 g/mol. The van der Waals surface area contributed by atoms with Crippen molar-refractivity contribution in [3.8, 4) is 34.2 Å². The van der Waals surface area contributed by atoms with Crippen LogP contribution in [0.4, 0.5) is 5.82 Å². The quantitative estimate of drug-likeness (QED) is 0.771. The fourth-order valence-electron chi connectivity index (χ4n) is 2.48. The van der Waals surface area contributed by atoms with E-state index in [-0.39, 0.29) is 17.6 Å². The lowest BCUT2D eigenvalue weighted by molar-refractivity contribution is 0.475. The van der Waals surface area contributed by atoms with Gasteiger partial charge < -0.3 is 10.8 Å². The number of nitriles is 1. The smallest absolute Gasteiger partial charge is 0.142 e. The molecule has 3 rings (SSSR count). The summed E-state index contributed by atoms with van der Waals surface area (Å²) in [6, 6.07) is 10.9. The van der Waals surface area contributed by atoms with Gasteiger partial charge in [-0.15, -0.1) is 0 Å². The van der Waals surface area contributed by atoms with Crippen molar-refractivity contribution in [1.82, 2.24) is 14.8 Å². The summed E-state index contributed by atoms with van der Waals surface area (Å²) >= 11 is 0. The van der Waals surface area contributed by atoms with Gasteiger partial charge in [0.2, 0.25) is 0 Å². The van der Waals surface area contributed by atoms with E-state index >= 15 is 0 Å². The minimum absolute atomic E-state index is 0.145. The third kappa shape index (κ3) is 2.79. The van der Waals surface area contributed by atoms with Crippen LogP contribution in [0.1, 0.15) is 25.5 Å². The Morgan fingerprint density at radius 1 is 1.25 bits per heavy atom. The lowest BCUT2D eigenvalue weighted by Gasteiger charge is -2.09. The van der Waals surface area contributed by atoms with Crippen molar-refractivity contribution in [1.29, 1.82) is 5.26 Å². The number of phenols is 1.